The molecule has 22 heavy (non-hydrogen) atoms. The number of hydrogen-bond acceptors (Lipinski definition) is 5. The number of nitrogens with one attached hydrogen (secondary N) is 1. The molecule has 6 nitrogen and oxygen atoms in total. The SMILES string of the molecule is CN(C)Cc1noc2ccc(NC(=O)c3ccccn3)cc12. The quantitative estimate of drug-likeness (QED) is 0.801. The van der Waals surface area contributed by atoms with E-state index in [1.165, 1.54) is 0 Å². The molecular weight excluding hydrogens is 280 g/mol. The standard InChI is InChI=1S/C16H16N4O2/c1-20(2)10-14-12-9-11(6-7-15(12)22-19-14)18-16(21)13-5-3-4-8-17-13/h3-9H,10H2,1-2H3,(H,18,21). The van der Waals surface area contributed by atoms with Crippen LogP contribution in [0, 0.1) is 0 Å². The number of carbonyl (C=O) groups is 1. The highest BCUT2D eigenvalue weighted by atomic mass is 16.5. The van der Waals surface area contributed by atoms with Crippen molar-refractivity contribution in [3.05, 3.63) is 54.0 Å². The van der Waals surface area contributed by atoms with E-state index in [4.69, 9.17) is 4.52 Å². The van der Waals surface area contributed by atoms with Crippen molar-refractivity contribution in [2.75, 3.05) is 19.4 Å². The number of benzene rings is 1. The summed E-state index contributed by atoms with van der Waals surface area (Å²) in [5.41, 5.74) is 2.61. The predicted molar refractivity (Wildman–Crippen MR) is 83.6 cm³/mol. The first kappa shape index (κ1) is 14.2. The number of amides is 1. The highest BCUT2D eigenvalue weighted by Crippen LogP contribution is 2.23. The maximum absolute atomic E-state index is 12.1. The third-order valence-electron chi connectivity index (χ3n) is 3.17. The van der Waals surface area contributed by atoms with Crippen LogP contribution in [0.25, 0.3) is 11.0 Å². The third kappa shape index (κ3) is 2.96. The van der Waals surface area contributed by atoms with Gasteiger partial charge in [-0.2, -0.15) is 0 Å². The molecule has 2 aromatic heterocycles. The van der Waals surface area contributed by atoms with E-state index >= 15 is 0 Å². The number of rotatable bonds is 4. The van der Waals surface area contributed by atoms with Gasteiger partial charge in [0, 0.05) is 23.8 Å². The molecule has 6 heteroatoms. The minimum atomic E-state index is -0.245. The van der Waals surface area contributed by atoms with Gasteiger partial charge in [0.15, 0.2) is 5.58 Å². The maximum Gasteiger partial charge on any atom is 0.274 e. The summed E-state index contributed by atoms with van der Waals surface area (Å²) < 4.78 is 5.29. The minimum absolute atomic E-state index is 0.245. The Hall–Kier alpha value is -2.73. The van der Waals surface area contributed by atoms with E-state index in [1.807, 2.05) is 25.1 Å². The van der Waals surface area contributed by atoms with Gasteiger partial charge in [-0.05, 0) is 44.4 Å². The minimum Gasteiger partial charge on any atom is -0.356 e. The summed E-state index contributed by atoms with van der Waals surface area (Å²) in [4.78, 5) is 18.2. The number of hydrogen-bond donors (Lipinski definition) is 1. The van der Waals surface area contributed by atoms with Gasteiger partial charge in [0.25, 0.3) is 5.91 Å². The molecule has 1 amide bonds. The van der Waals surface area contributed by atoms with Crippen LogP contribution >= 0.6 is 0 Å². The van der Waals surface area contributed by atoms with Crippen LogP contribution in [0.1, 0.15) is 16.2 Å². The largest absolute Gasteiger partial charge is 0.356 e. The molecule has 0 spiro atoms. The Balaban J connectivity index is 1.87. The summed E-state index contributed by atoms with van der Waals surface area (Å²) in [6.45, 7) is 0.671. The van der Waals surface area contributed by atoms with Crippen molar-refractivity contribution in [3.8, 4) is 0 Å². The lowest BCUT2D eigenvalue weighted by atomic mass is 10.2. The van der Waals surface area contributed by atoms with E-state index in [9.17, 15) is 4.79 Å². The second kappa shape index (κ2) is 5.95. The Labute approximate surface area is 127 Å². The van der Waals surface area contributed by atoms with Crippen LogP contribution in [0.2, 0.25) is 0 Å². The van der Waals surface area contributed by atoms with Gasteiger partial charge in [0.1, 0.15) is 11.4 Å². The number of nitrogens with zero attached hydrogens (tertiary/aromatic N) is 3. The highest BCUT2D eigenvalue weighted by Gasteiger charge is 2.12. The first-order valence-corrected chi connectivity index (χ1v) is 6.89. The van der Waals surface area contributed by atoms with Gasteiger partial charge in [-0.25, -0.2) is 0 Å². The molecule has 112 valence electrons. The fraction of sp³-hybridized carbons (Fsp3) is 0.188. The van der Waals surface area contributed by atoms with Crippen LogP contribution in [0.15, 0.2) is 47.1 Å². The molecule has 0 aliphatic rings. The smallest absolute Gasteiger partial charge is 0.274 e. The van der Waals surface area contributed by atoms with Gasteiger partial charge < -0.3 is 14.7 Å². The molecule has 0 aliphatic carbocycles. The predicted octanol–water partition coefficient (Wildman–Crippen LogP) is 2.54. The summed E-state index contributed by atoms with van der Waals surface area (Å²) in [6.07, 6.45) is 1.59. The Kier molecular flexibility index (Phi) is 3.84. The molecular formula is C16H16N4O2. The monoisotopic (exact) mass is 296 g/mol. The van der Waals surface area contributed by atoms with Crippen molar-refractivity contribution in [1.82, 2.24) is 15.0 Å². The zero-order valence-corrected chi connectivity index (χ0v) is 12.4. The van der Waals surface area contributed by atoms with Crippen molar-refractivity contribution in [3.63, 3.8) is 0 Å². The second-order valence-corrected chi connectivity index (χ2v) is 5.25. The molecule has 2 heterocycles. The Morgan fingerprint density at radius 2 is 2.14 bits per heavy atom. The summed E-state index contributed by atoms with van der Waals surface area (Å²) in [7, 11) is 3.93. The van der Waals surface area contributed by atoms with Crippen LogP contribution in [-0.4, -0.2) is 35.0 Å². The fourth-order valence-corrected chi connectivity index (χ4v) is 2.17. The summed E-state index contributed by atoms with van der Waals surface area (Å²) in [6, 6.07) is 10.7. The van der Waals surface area contributed by atoms with Crippen molar-refractivity contribution >= 4 is 22.6 Å². The van der Waals surface area contributed by atoms with Crippen molar-refractivity contribution in [2.45, 2.75) is 6.54 Å². The average Bonchev–Trinajstić information content (AvgIpc) is 2.90. The lowest BCUT2D eigenvalue weighted by molar-refractivity contribution is 0.102. The number of aromatic nitrogens is 2. The van der Waals surface area contributed by atoms with E-state index in [-0.39, 0.29) is 5.91 Å². The number of pyridine rings is 1. The Bertz CT molecular complexity index is 796. The molecule has 3 aromatic rings. The molecule has 0 aliphatic heterocycles. The molecule has 0 radical (unpaired) electrons. The third-order valence-corrected chi connectivity index (χ3v) is 3.17. The molecule has 3 rings (SSSR count). The maximum atomic E-state index is 12.1. The van der Waals surface area contributed by atoms with Crippen LogP contribution < -0.4 is 5.32 Å². The van der Waals surface area contributed by atoms with Crippen LogP contribution in [0.5, 0.6) is 0 Å². The number of fused-ring (bicyclic) bond motifs is 1. The van der Waals surface area contributed by atoms with Crippen LogP contribution in [-0.2, 0) is 6.54 Å². The molecule has 0 unspecified atom stereocenters. The molecule has 0 saturated carbocycles. The van der Waals surface area contributed by atoms with Crippen molar-refractivity contribution in [2.24, 2.45) is 0 Å². The van der Waals surface area contributed by atoms with Crippen molar-refractivity contribution in [1.29, 1.82) is 0 Å². The van der Waals surface area contributed by atoms with Crippen LogP contribution in [0.4, 0.5) is 5.69 Å². The Morgan fingerprint density at radius 1 is 1.27 bits per heavy atom. The van der Waals surface area contributed by atoms with E-state index in [0.29, 0.717) is 23.5 Å². The summed E-state index contributed by atoms with van der Waals surface area (Å²) in [5, 5.41) is 7.80. The highest BCUT2D eigenvalue weighted by molar-refractivity contribution is 6.03. The second-order valence-electron chi connectivity index (χ2n) is 5.25. The first-order chi connectivity index (χ1) is 10.6. The molecule has 0 atom stereocenters. The molecule has 1 aromatic carbocycles. The topological polar surface area (TPSA) is 71.3 Å². The van der Waals surface area contributed by atoms with E-state index in [2.05, 4.69) is 15.5 Å². The van der Waals surface area contributed by atoms with E-state index < -0.39 is 0 Å². The molecule has 0 fully saturated rings. The normalized spacial score (nSPS) is 11.0. The lowest BCUT2D eigenvalue weighted by Crippen LogP contribution is -2.13. The summed E-state index contributed by atoms with van der Waals surface area (Å²) in [5.74, 6) is -0.245. The van der Waals surface area contributed by atoms with Crippen molar-refractivity contribution < 1.29 is 9.32 Å². The first-order valence-electron chi connectivity index (χ1n) is 6.89. The fourth-order valence-electron chi connectivity index (χ4n) is 2.17. The molecule has 0 saturated heterocycles. The molecule has 1 N–H and O–H groups in total. The van der Waals surface area contributed by atoms with Gasteiger partial charge in [-0.1, -0.05) is 11.2 Å². The van der Waals surface area contributed by atoms with Gasteiger partial charge in [0.2, 0.25) is 0 Å². The van der Waals surface area contributed by atoms with Gasteiger partial charge >= 0.3 is 0 Å². The molecule has 0 bridgehead atoms. The van der Waals surface area contributed by atoms with E-state index in [0.717, 1.165) is 11.1 Å². The lowest BCUT2D eigenvalue weighted by Gasteiger charge is -2.07. The number of carbonyl (C=O) groups excluding carboxylic acids is 1. The van der Waals surface area contributed by atoms with Gasteiger partial charge in [-0.15, -0.1) is 0 Å². The Morgan fingerprint density at radius 3 is 2.86 bits per heavy atom. The zero-order chi connectivity index (χ0) is 15.5. The van der Waals surface area contributed by atoms with E-state index in [1.54, 1.807) is 36.5 Å². The summed E-state index contributed by atoms with van der Waals surface area (Å²) >= 11 is 0. The number of anilines is 1. The van der Waals surface area contributed by atoms with Crippen LogP contribution in [0.3, 0.4) is 0 Å². The zero-order valence-electron chi connectivity index (χ0n) is 12.4. The van der Waals surface area contributed by atoms with Gasteiger partial charge in [-0.3, -0.25) is 9.78 Å². The average molecular weight is 296 g/mol. The van der Waals surface area contributed by atoms with Gasteiger partial charge in [0.05, 0.1) is 0 Å².